The maximum atomic E-state index is 12.2. The van der Waals surface area contributed by atoms with Gasteiger partial charge in [-0.15, -0.1) is 0 Å². The number of phenols is 1. The lowest BCUT2D eigenvalue weighted by Crippen LogP contribution is -2.36. The Morgan fingerprint density at radius 1 is 1.37 bits per heavy atom. The maximum Gasteiger partial charge on any atom is 0.225 e. The van der Waals surface area contributed by atoms with E-state index < -0.39 is 5.60 Å². The number of phenolic OH excluding ortho intramolecular Hbond substituents is 1. The van der Waals surface area contributed by atoms with Crippen LogP contribution in [-0.2, 0) is 9.53 Å². The number of benzene rings is 1. The molecule has 19 heavy (non-hydrogen) atoms. The Morgan fingerprint density at radius 2 is 1.89 bits per heavy atom. The molecule has 1 rings (SSSR count). The van der Waals surface area contributed by atoms with E-state index in [0.29, 0.717) is 6.42 Å². The first kappa shape index (κ1) is 15.5. The highest BCUT2D eigenvalue weighted by atomic mass is 16.5. The van der Waals surface area contributed by atoms with Crippen LogP contribution in [0.4, 0.5) is 0 Å². The molecule has 0 aliphatic carbocycles. The smallest absolute Gasteiger partial charge is 0.225 e. The van der Waals surface area contributed by atoms with Gasteiger partial charge in [0, 0.05) is 14.2 Å². The fraction of sp³-hybridized carbons (Fsp3) is 0.533. The minimum atomic E-state index is -0.458. The summed E-state index contributed by atoms with van der Waals surface area (Å²) in [6.45, 7) is 5.75. The minimum Gasteiger partial charge on any atom is -0.508 e. The first-order valence-corrected chi connectivity index (χ1v) is 6.36. The second kappa shape index (κ2) is 6.06. The predicted molar refractivity (Wildman–Crippen MR) is 75.0 cm³/mol. The van der Waals surface area contributed by atoms with Crippen molar-refractivity contribution in [3.63, 3.8) is 0 Å². The average Bonchev–Trinajstić information content (AvgIpc) is 2.37. The number of carbonyl (C=O) groups excluding carboxylic acids is 1. The Balaban J connectivity index is 2.74. The van der Waals surface area contributed by atoms with Crippen LogP contribution in [0.15, 0.2) is 24.3 Å². The molecular formula is C15H23NO3. The van der Waals surface area contributed by atoms with Gasteiger partial charge in [0.15, 0.2) is 0 Å². The molecule has 1 aromatic rings. The number of ether oxygens (including phenoxy) is 1. The zero-order valence-electron chi connectivity index (χ0n) is 12.3. The molecule has 4 heteroatoms. The number of hydrogen-bond acceptors (Lipinski definition) is 3. The van der Waals surface area contributed by atoms with E-state index in [1.807, 2.05) is 32.9 Å². The second-order valence-electron chi connectivity index (χ2n) is 5.41. The summed E-state index contributed by atoms with van der Waals surface area (Å²) in [5.41, 5.74) is 0.531. The van der Waals surface area contributed by atoms with Crippen molar-refractivity contribution in [1.82, 2.24) is 4.90 Å². The van der Waals surface area contributed by atoms with E-state index in [-0.39, 0.29) is 17.7 Å². The van der Waals surface area contributed by atoms with Gasteiger partial charge in [-0.05, 0) is 38.5 Å². The predicted octanol–water partition coefficient (Wildman–Crippen LogP) is 2.73. The van der Waals surface area contributed by atoms with Crippen molar-refractivity contribution in [2.75, 3.05) is 14.2 Å². The number of amides is 1. The van der Waals surface area contributed by atoms with Crippen LogP contribution in [0.25, 0.3) is 0 Å². The third-order valence-electron chi connectivity index (χ3n) is 3.48. The van der Waals surface area contributed by atoms with E-state index in [4.69, 9.17) is 4.74 Å². The summed E-state index contributed by atoms with van der Waals surface area (Å²) in [5.74, 6) is 0.262. The highest BCUT2D eigenvalue weighted by Gasteiger charge is 2.25. The Morgan fingerprint density at radius 3 is 2.37 bits per heavy atom. The van der Waals surface area contributed by atoms with Crippen LogP contribution in [0.1, 0.15) is 38.8 Å². The van der Waals surface area contributed by atoms with Crippen LogP contribution in [0.2, 0.25) is 0 Å². The summed E-state index contributed by atoms with van der Waals surface area (Å²) >= 11 is 0. The van der Waals surface area contributed by atoms with Gasteiger partial charge >= 0.3 is 0 Å². The van der Waals surface area contributed by atoms with E-state index in [2.05, 4.69) is 0 Å². The molecule has 1 aromatic carbocycles. The third kappa shape index (κ3) is 4.24. The van der Waals surface area contributed by atoms with Crippen molar-refractivity contribution in [2.45, 2.75) is 38.8 Å². The summed E-state index contributed by atoms with van der Waals surface area (Å²) in [5, 5.41) is 9.27. The van der Waals surface area contributed by atoms with Crippen molar-refractivity contribution in [3.05, 3.63) is 29.8 Å². The molecular weight excluding hydrogens is 242 g/mol. The summed E-state index contributed by atoms with van der Waals surface area (Å²) in [4.78, 5) is 13.9. The lowest BCUT2D eigenvalue weighted by atomic mass is 10.0. The molecule has 4 nitrogen and oxygen atoms in total. The van der Waals surface area contributed by atoms with E-state index in [0.717, 1.165) is 5.56 Å². The molecule has 0 radical (unpaired) electrons. The molecule has 0 fully saturated rings. The van der Waals surface area contributed by atoms with Crippen LogP contribution in [0.5, 0.6) is 5.75 Å². The van der Waals surface area contributed by atoms with E-state index in [1.165, 1.54) is 0 Å². The first-order chi connectivity index (χ1) is 8.76. The zero-order chi connectivity index (χ0) is 14.6. The largest absolute Gasteiger partial charge is 0.508 e. The third-order valence-corrected chi connectivity index (χ3v) is 3.48. The van der Waals surface area contributed by atoms with Gasteiger partial charge in [-0.3, -0.25) is 4.79 Å². The summed E-state index contributed by atoms with van der Waals surface area (Å²) < 4.78 is 5.28. The standard InChI is InChI=1S/C15H23NO3/c1-11(12-6-8-13(17)9-7-12)16(4)14(18)10-15(2,3)19-5/h6-9,11,17H,10H2,1-5H3. The van der Waals surface area contributed by atoms with Crippen LogP contribution in [-0.4, -0.2) is 35.7 Å². The van der Waals surface area contributed by atoms with Crippen molar-refractivity contribution < 1.29 is 14.6 Å². The first-order valence-electron chi connectivity index (χ1n) is 6.36. The second-order valence-corrected chi connectivity index (χ2v) is 5.41. The van der Waals surface area contributed by atoms with Gasteiger partial charge in [0.25, 0.3) is 0 Å². The van der Waals surface area contributed by atoms with Crippen LogP contribution in [0, 0.1) is 0 Å². The number of aromatic hydroxyl groups is 1. The molecule has 1 unspecified atom stereocenters. The van der Waals surface area contributed by atoms with E-state index in [9.17, 15) is 9.90 Å². The monoisotopic (exact) mass is 265 g/mol. The zero-order valence-corrected chi connectivity index (χ0v) is 12.3. The van der Waals surface area contributed by atoms with Crippen molar-refractivity contribution in [3.8, 4) is 5.75 Å². The highest BCUT2D eigenvalue weighted by Crippen LogP contribution is 2.23. The van der Waals surface area contributed by atoms with Gasteiger partial charge in [0.05, 0.1) is 18.1 Å². The lowest BCUT2D eigenvalue weighted by molar-refractivity contribution is -0.137. The fourth-order valence-electron chi connectivity index (χ4n) is 1.75. The average molecular weight is 265 g/mol. The number of methoxy groups -OCH3 is 1. The highest BCUT2D eigenvalue weighted by molar-refractivity contribution is 5.77. The van der Waals surface area contributed by atoms with Crippen molar-refractivity contribution in [1.29, 1.82) is 0 Å². The Bertz CT molecular complexity index is 426. The maximum absolute atomic E-state index is 12.2. The number of carbonyl (C=O) groups is 1. The normalized spacial score (nSPS) is 13.1. The van der Waals surface area contributed by atoms with Gasteiger partial charge in [-0.2, -0.15) is 0 Å². The molecule has 0 heterocycles. The van der Waals surface area contributed by atoms with Crippen molar-refractivity contribution >= 4 is 5.91 Å². The van der Waals surface area contributed by atoms with E-state index >= 15 is 0 Å². The topological polar surface area (TPSA) is 49.8 Å². The van der Waals surface area contributed by atoms with Crippen molar-refractivity contribution in [2.24, 2.45) is 0 Å². The molecule has 0 aliphatic heterocycles. The molecule has 0 bridgehead atoms. The molecule has 1 atom stereocenters. The lowest BCUT2D eigenvalue weighted by Gasteiger charge is -2.29. The van der Waals surface area contributed by atoms with Crippen LogP contribution >= 0.6 is 0 Å². The Kier molecular flexibility index (Phi) is 4.95. The van der Waals surface area contributed by atoms with E-state index in [1.54, 1.807) is 31.2 Å². The molecule has 0 aliphatic rings. The summed E-state index contributed by atoms with van der Waals surface area (Å²) in [6, 6.07) is 6.86. The molecule has 0 saturated heterocycles. The quantitative estimate of drug-likeness (QED) is 0.890. The van der Waals surface area contributed by atoms with Gasteiger partial charge in [0.2, 0.25) is 5.91 Å². The van der Waals surface area contributed by atoms with Gasteiger partial charge < -0.3 is 14.7 Å². The molecule has 0 saturated carbocycles. The number of rotatable bonds is 5. The van der Waals surface area contributed by atoms with Crippen LogP contribution in [0.3, 0.4) is 0 Å². The molecule has 1 amide bonds. The fourth-order valence-corrected chi connectivity index (χ4v) is 1.75. The van der Waals surface area contributed by atoms with Gasteiger partial charge in [0.1, 0.15) is 5.75 Å². The van der Waals surface area contributed by atoms with Gasteiger partial charge in [-0.25, -0.2) is 0 Å². The van der Waals surface area contributed by atoms with Gasteiger partial charge in [-0.1, -0.05) is 12.1 Å². The number of hydrogen-bond donors (Lipinski definition) is 1. The Hall–Kier alpha value is -1.55. The SMILES string of the molecule is COC(C)(C)CC(=O)N(C)C(C)c1ccc(O)cc1. The molecule has 106 valence electrons. The summed E-state index contributed by atoms with van der Waals surface area (Å²) in [6.07, 6.45) is 0.336. The summed E-state index contributed by atoms with van der Waals surface area (Å²) in [7, 11) is 3.39. The molecule has 0 aromatic heterocycles. The molecule has 0 spiro atoms. The minimum absolute atomic E-state index is 0.0347. The Labute approximate surface area is 115 Å². The number of nitrogens with zero attached hydrogens (tertiary/aromatic N) is 1. The van der Waals surface area contributed by atoms with Crippen LogP contribution < -0.4 is 0 Å². The molecule has 1 N–H and O–H groups in total.